The van der Waals surface area contributed by atoms with Gasteiger partial charge in [-0.05, 0) is 78.2 Å². The van der Waals surface area contributed by atoms with E-state index >= 15 is 0 Å². The first-order valence-corrected chi connectivity index (χ1v) is 14.1. The Morgan fingerprint density at radius 1 is 0.429 bits per heavy atom. The Labute approximate surface area is 249 Å². The lowest BCUT2D eigenvalue weighted by molar-refractivity contribution is 1.62. The van der Waals surface area contributed by atoms with Crippen LogP contribution in [-0.4, -0.2) is 0 Å². The van der Waals surface area contributed by atoms with Crippen molar-refractivity contribution in [1.82, 2.24) is 0 Å². The lowest BCUT2D eigenvalue weighted by Crippen LogP contribution is -1.90. The molecule has 0 amide bonds. The average molecular weight is 539 g/mol. The maximum absolute atomic E-state index is 4.52. The van der Waals surface area contributed by atoms with Crippen molar-refractivity contribution in [2.24, 2.45) is 0 Å². The fourth-order valence-electron chi connectivity index (χ4n) is 5.30. The van der Waals surface area contributed by atoms with Crippen LogP contribution in [-0.2, 0) is 0 Å². The third kappa shape index (κ3) is 5.99. The molecule has 5 rings (SSSR count). The normalized spacial score (nSPS) is 11.0. The summed E-state index contributed by atoms with van der Waals surface area (Å²) in [4.78, 5) is 0. The Balaban J connectivity index is 2.13. The van der Waals surface area contributed by atoms with Gasteiger partial charge in [0.2, 0.25) is 0 Å². The zero-order chi connectivity index (χ0) is 29.3. The van der Waals surface area contributed by atoms with E-state index in [-0.39, 0.29) is 0 Å². The summed E-state index contributed by atoms with van der Waals surface area (Å²) in [5.41, 5.74) is 8.38. The SMILES string of the molecule is C=C/C=C\C(=C)c1cc(-c2ccccc2)c2ccccc2c(-c2ccccc2)cc(C(=C)/C=C\C=C)c2ccccc12. The van der Waals surface area contributed by atoms with E-state index in [1.807, 2.05) is 24.3 Å². The summed E-state index contributed by atoms with van der Waals surface area (Å²) < 4.78 is 0. The van der Waals surface area contributed by atoms with E-state index in [4.69, 9.17) is 0 Å². The molecule has 0 heteroatoms. The predicted molar refractivity (Wildman–Crippen MR) is 187 cm³/mol. The molecule has 0 N–H and O–H groups in total. The number of hydrogen-bond acceptors (Lipinski definition) is 0. The molecule has 0 radical (unpaired) electrons. The first-order chi connectivity index (χ1) is 20.6. The van der Waals surface area contributed by atoms with Gasteiger partial charge in [-0.25, -0.2) is 0 Å². The van der Waals surface area contributed by atoms with E-state index in [1.54, 1.807) is 12.2 Å². The zero-order valence-corrected chi connectivity index (χ0v) is 23.8. The molecule has 0 aliphatic rings. The average Bonchev–Trinajstić information content (AvgIpc) is 3.04. The highest BCUT2D eigenvalue weighted by molar-refractivity contribution is 6.08. The van der Waals surface area contributed by atoms with Crippen molar-refractivity contribution in [2.75, 3.05) is 0 Å². The van der Waals surface area contributed by atoms with Gasteiger partial charge in [-0.1, -0.05) is 172 Å². The summed E-state index contributed by atoms with van der Waals surface area (Å²) in [5.74, 6) is 0. The minimum atomic E-state index is 0.896. The molecule has 0 atom stereocenters. The molecule has 202 valence electrons. The summed E-state index contributed by atoms with van der Waals surface area (Å²) in [5, 5.41) is 4.44. The molecule has 0 aliphatic heterocycles. The van der Waals surface area contributed by atoms with Crippen LogP contribution >= 0.6 is 0 Å². The number of allylic oxidation sites excluding steroid dienone is 8. The van der Waals surface area contributed by atoms with Gasteiger partial charge in [0.25, 0.3) is 0 Å². The molecule has 0 unspecified atom stereocenters. The van der Waals surface area contributed by atoms with Crippen LogP contribution in [0.5, 0.6) is 0 Å². The first-order valence-electron chi connectivity index (χ1n) is 14.1. The van der Waals surface area contributed by atoms with Gasteiger partial charge in [0.15, 0.2) is 0 Å². The molecule has 0 saturated carbocycles. The van der Waals surface area contributed by atoms with Crippen molar-refractivity contribution in [3.63, 3.8) is 0 Å². The lowest BCUT2D eigenvalue weighted by atomic mass is 9.89. The number of hydrogen-bond donors (Lipinski definition) is 0. The Morgan fingerprint density at radius 3 is 1.12 bits per heavy atom. The molecule has 0 bridgehead atoms. The van der Waals surface area contributed by atoms with Gasteiger partial charge in [0.05, 0.1) is 0 Å². The Kier molecular flexibility index (Phi) is 8.87. The minimum absolute atomic E-state index is 0.896. The Bertz CT molecular complexity index is 1770. The number of fused-ring (bicyclic) bond motifs is 2. The summed E-state index contributed by atoms with van der Waals surface area (Å²) in [7, 11) is 0. The molecule has 0 aliphatic carbocycles. The van der Waals surface area contributed by atoms with E-state index in [2.05, 4.69) is 148 Å². The Hall–Kier alpha value is -5.46. The summed E-state index contributed by atoms with van der Waals surface area (Å²) in [6, 6.07) is 42.9. The van der Waals surface area contributed by atoms with Crippen LogP contribution in [0, 0.1) is 0 Å². The van der Waals surface area contributed by atoms with Gasteiger partial charge >= 0.3 is 0 Å². The molecule has 0 heterocycles. The van der Waals surface area contributed by atoms with Crippen LogP contribution in [0.25, 0.3) is 54.9 Å². The van der Waals surface area contributed by atoms with E-state index < -0.39 is 0 Å². The molecule has 0 fully saturated rings. The molecule has 0 spiro atoms. The Morgan fingerprint density at radius 2 is 0.762 bits per heavy atom. The third-order valence-electron chi connectivity index (χ3n) is 7.32. The molecule has 0 nitrogen and oxygen atoms in total. The molecule has 5 aromatic rings. The molecule has 42 heavy (non-hydrogen) atoms. The predicted octanol–water partition coefficient (Wildman–Crippen LogP) is 12.0. The maximum Gasteiger partial charge on any atom is -0.00988 e. The molecular weight excluding hydrogens is 504 g/mol. The minimum Gasteiger partial charge on any atom is -0.0991 e. The van der Waals surface area contributed by atoms with Crippen molar-refractivity contribution in [3.05, 3.63) is 195 Å². The largest absolute Gasteiger partial charge is 0.0991 e. The highest BCUT2D eigenvalue weighted by Gasteiger charge is 2.13. The maximum atomic E-state index is 4.52. The van der Waals surface area contributed by atoms with Gasteiger partial charge in [-0.3, -0.25) is 0 Å². The van der Waals surface area contributed by atoms with Crippen LogP contribution in [0.4, 0.5) is 0 Å². The topological polar surface area (TPSA) is 0 Å². The lowest BCUT2D eigenvalue weighted by Gasteiger charge is -2.15. The van der Waals surface area contributed by atoms with Crippen molar-refractivity contribution in [2.45, 2.75) is 0 Å². The van der Waals surface area contributed by atoms with E-state index in [9.17, 15) is 0 Å². The van der Waals surface area contributed by atoms with Crippen LogP contribution in [0.2, 0.25) is 0 Å². The number of rotatable bonds is 8. The summed E-state index contributed by atoms with van der Waals surface area (Å²) in [6.07, 6.45) is 11.5. The summed E-state index contributed by atoms with van der Waals surface area (Å²) >= 11 is 0. The third-order valence-corrected chi connectivity index (χ3v) is 7.32. The second-order valence-electron chi connectivity index (χ2n) is 10.0. The smallest absolute Gasteiger partial charge is 0.00988 e. The van der Waals surface area contributed by atoms with Gasteiger partial charge in [-0.2, -0.15) is 0 Å². The highest BCUT2D eigenvalue weighted by Crippen LogP contribution is 2.38. The monoisotopic (exact) mass is 538 g/mol. The second kappa shape index (κ2) is 13.3. The van der Waals surface area contributed by atoms with Gasteiger partial charge in [0, 0.05) is 0 Å². The van der Waals surface area contributed by atoms with Crippen molar-refractivity contribution in [1.29, 1.82) is 0 Å². The van der Waals surface area contributed by atoms with Crippen LogP contribution in [0.15, 0.2) is 184 Å². The number of benzene rings is 4. The fraction of sp³-hybridized carbons (Fsp3) is 0. The summed E-state index contributed by atoms with van der Waals surface area (Å²) in [6.45, 7) is 16.8. The van der Waals surface area contributed by atoms with Crippen LogP contribution < -0.4 is 0 Å². The quantitative estimate of drug-likeness (QED) is 0.172. The van der Waals surface area contributed by atoms with Gasteiger partial charge in [0.1, 0.15) is 0 Å². The van der Waals surface area contributed by atoms with Crippen LogP contribution in [0.1, 0.15) is 11.1 Å². The second-order valence-corrected chi connectivity index (χ2v) is 10.0. The fourth-order valence-corrected chi connectivity index (χ4v) is 5.30. The first kappa shape index (κ1) is 28.1. The van der Waals surface area contributed by atoms with Crippen molar-refractivity contribution < 1.29 is 0 Å². The van der Waals surface area contributed by atoms with E-state index in [0.29, 0.717) is 0 Å². The molecular formula is C42H34. The molecule has 0 aromatic heterocycles. The van der Waals surface area contributed by atoms with Crippen molar-refractivity contribution in [3.8, 4) is 22.3 Å². The van der Waals surface area contributed by atoms with E-state index in [1.165, 1.54) is 0 Å². The standard InChI is InChI=1S/C42H34/c1-5-7-19-31(3)39-29-41(33-21-11-9-12-22-33)37-27-17-18-28-38(37)42(34-23-13-10-14-24-34)30-40(32(4)20-8-6-2)36-26-16-15-25-35(36)39/h5-30H,1-4H2/b19-7-,20-8-,39-29?,39-35?,40-30?,40-36?,41-29?,41-37?,42-30?,42-38?. The highest BCUT2D eigenvalue weighted by atomic mass is 14.2. The van der Waals surface area contributed by atoms with Crippen LogP contribution in [0.3, 0.4) is 0 Å². The zero-order valence-electron chi connectivity index (χ0n) is 23.8. The molecule has 0 saturated heterocycles. The van der Waals surface area contributed by atoms with Gasteiger partial charge < -0.3 is 0 Å². The van der Waals surface area contributed by atoms with Crippen molar-refractivity contribution >= 4 is 32.7 Å². The molecule has 5 aromatic carbocycles. The van der Waals surface area contributed by atoms with E-state index in [0.717, 1.165) is 66.1 Å². The van der Waals surface area contributed by atoms with Gasteiger partial charge in [-0.15, -0.1) is 0 Å².